The van der Waals surface area contributed by atoms with Crippen molar-refractivity contribution in [3.05, 3.63) is 62.5 Å². The first-order chi connectivity index (χ1) is 11.5. The van der Waals surface area contributed by atoms with Crippen molar-refractivity contribution in [2.75, 3.05) is 13.1 Å². The average molecular weight is 347 g/mol. The van der Waals surface area contributed by atoms with Crippen LogP contribution in [-0.2, 0) is 6.54 Å². The van der Waals surface area contributed by atoms with E-state index < -0.39 is 0 Å². The molecule has 4 nitrogen and oxygen atoms in total. The van der Waals surface area contributed by atoms with Crippen LogP contribution in [0.4, 0.5) is 0 Å². The minimum absolute atomic E-state index is 0.102. The number of benzene rings is 1. The average Bonchev–Trinajstić information content (AvgIpc) is 2.54. The fourth-order valence-corrected chi connectivity index (χ4v) is 3.36. The van der Waals surface area contributed by atoms with E-state index in [4.69, 9.17) is 16.3 Å². The van der Waals surface area contributed by atoms with Crippen LogP contribution in [-0.4, -0.2) is 23.8 Å². The third-order valence-electron chi connectivity index (χ3n) is 4.37. The molecule has 0 radical (unpaired) electrons. The molecule has 128 valence electrons. The molecule has 2 heterocycles. The van der Waals surface area contributed by atoms with E-state index in [0.29, 0.717) is 11.6 Å². The van der Waals surface area contributed by atoms with E-state index in [1.54, 1.807) is 16.8 Å². The number of aromatic nitrogens is 1. The van der Waals surface area contributed by atoms with E-state index in [9.17, 15) is 4.79 Å². The Labute approximate surface area is 147 Å². The number of nitrogens with one attached hydrogen (secondary N) is 1. The quantitative estimate of drug-likeness (QED) is 0.923. The van der Waals surface area contributed by atoms with Crippen LogP contribution in [0.1, 0.15) is 29.5 Å². The predicted octanol–water partition coefficient (Wildman–Crippen LogP) is 3.30. The molecule has 1 aromatic heterocycles. The van der Waals surface area contributed by atoms with Crippen molar-refractivity contribution in [1.29, 1.82) is 0 Å². The summed E-state index contributed by atoms with van der Waals surface area (Å²) in [7, 11) is 0. The molecule has 1 aromatic carbocycles. The van der Waals surface area contributed by atoms with Crippen LogP contribution < -0.4 is 15.6 Å². The standard InChI is InChI=1S/C19H23ClN2O2/c1-13-9-14(2)19(24-17-3-6-21-7-4-17)15(10-13)12-22-8-5-16(20)11-18(22)23/h5,8-11,17,21H,3-4,6-7,12H2,1-2H3. The molecule has 3 rings (SSSR count). The van der Waals surface area contributed by atoms with Crippen LogP contribution in [0.2, 0.25) is 5.02 Å². The Hall–Kier alpha value is -1.78. The largest absolute Gasteiger partial charge is 0.490 e. The molecular formula is C19H23ClN2O2. The summed E-state index contributed by atoms with van der Waals surface area (Å²) in [4.78, 5) is 12.1. The molecule has 0 saturated carbocycles. The van der Waals surface area contributed by atoms with Gasteiger partial charge in [0.05, 0.1) is 6.54 Å². The Morgan fingerprint density at radius 3 is 2.71 bits per heavy atom. The van der Waals surface area contributed by atoms with Crippen molar-refractivity contribution in [3.63, 3.8) is 0 Å². The lowest BCUT2D eigenvalue weighted by atomic mass is 10.0. The molecule has 24 heavy (non-hydrogen) atoms. The number of halogens is 1. The highest BCUT2D eigenvalue weighted by molar-refractivity contribution is 6.30. The predicted molar refractivity (Wildman–Crippen MR) is 97.2 cm³/mol. The van der Waals surface area contributed by atoms with Crippen LogP contribution in [0, 0.1) is 13.8 Å². The van der Waals surface area contributed by atoms with Crippen molar-refractivity contribution in [2.45, 2.75) is 39.3 Å². The lowest BCUT2D eigenvalue weighted by Crippen LogP contribution is -2.34. The molecular weight excluding hydrogens is 324 g/mol. The Bertz CT molecular complexity index is 779. The normalized spacial score (nSPS) is 15.5. The number of ether oxygens (including phenoxy) is 1. The summed E-state index contributed by atoms with van der Waals surface area (Å²) >= 11 is 5.89. The number of hydrogen-bond donors (Lipinski definition) is 1. The Balaban J connectivity index is 1.91. The number of piperidine rings is 1. The molecule has 1 aliphatic heterocycles. The number of nitrogens with zero attached hydrogens (tertiary/aromatic N) is 1. The molecule has 2 aromatic rings. The molecule has 0 aliphatic carbocycles. The van der Waals surface area contributed by atoms with Gasteiger partial charge in [-0.1, -0.05) is 29.3 Å². The first-order valence-corrected chi connectivity index (χ1v) is 8.74. The van der Waals surface area contributed by atoms with Gasteiger partial charge in [-0.3, -0.25) is 4.79 Å². The molecule has 0 unspecified atom stereocenters. The molecule has 0 spiro atoms. The maximum Gasteiger partial charge on any atom is 0.252 e. The summed E-state index contributed by atoms with van der Waals surface area (Å²) in [6.45, 7) is 6.59. The molecule has 1 aliphatic rings. The zero-order valence-corrected chi connectivity index (χ0v) is 14.9. The van der Waals surface area contributed by atoms with E-state index >= 15 is 0 Å². The Morgan fingerprint density at radius 2 is 2.00 bits per heavy atom. The third-order valence-corrected chi connectivity index (χ3v) is 4.60. The summed E-state index contributed by atoms with van der Waals surface area (Å²) < 4.78 is 7.99. The van der Waals surface area contributed by atoms with Gasteiger partial charge in [0.2, 0.25) is 0 Å². The van der Waals surface area contributed by atoms with Gasteiger partial charge in [0.15, 0.2) is 0 Å². The van der Waals surface area contributed by atoms with Gasteiger partial charge in [0.1, 0.15) is 11.9 Å². The second-order valence-electron chi connectivity index (χ2n) is 6.45. The zero-order valence-electron chi connectivity index (χ0n) is 14.1. The van der Waals surface area contributed by atoms with Gasteiger partial charge in [0, 0.05) is 22.8 Å². The minimum atomic E-state index is -0.102. The molecule has 5 heteroatoms. The van der Waals surface area contributed by atoms with Crippen LogP contribution in [0.25, 0.3) is 0 Å². The van der Waals surface area contributed by atoms with E-state index in [-0.39, 0.29) is 11.7 Å². The summed E-state index contributed by atoms with van der Waals surface area (Å²) in [6.07, 6.45) is 3.98. The number of hydrogen-bond acceptors (Lipinski definition) is 3. The molecule has 1 fully saturated rings. The third kappa shape index (κ3) is 4.00. The van der Waals surface area contributed by atoms with E-state index in [1.165, 1.54) is 11.6 Å². The highest BCUT2D eigenvalue weighted by Gasteiger charge is 2.18. The van der Waals surface area contributed by atoms with Crippen molar-refractivity contribution in [2.24, 2.45) is 0 Å². The maximum absolute atomic E-state index is 12.1. The highest BCUT2D eigenvalue weighted by atomic mass is 35.5. The van der Waals surface area contributed by atoms with Gasteiger partial charge >= 0.3 is 0 Å². The van der Waals surface area contributed by atoms with E-state index in [1.807, 2.05) is 0 Å². The Morgan fingerprint density at radius 1 is 1.25 bits per heavy atom. The fourth-order valence-electron chi connectivity index (χ4n) is 3.21. The second kappa shape index (κ2) is 7.41. The maximum atomic E-state index is 12.1. The van der Waals surface area contributed by atoms with Crippen molar-refractivity contribution in [3.8, 4) is 5.75 Å². The number of rotatable bonds is 4. The number of pyridine rings is 1. The van der Waals surface area contributed by atoms with Gasteiger partial charge < -0.3 is 14.6 Å². The lowest BCUT2D eigenvalue weighted by Gasteiger charge is -2.26. The monoisotopic (exact) mass is 346 g/mol. The van der Waals surface area contributed by atoms with E-state index in [2.05, 4.69) is 31.3 Å². The topological polar surface area (TPSA) is 43.3 Å². The highest BCUT2D eigenvalue weighted by Crippen LogP contribution is 2.28. The summed E-state index contributed by atoms with van der Waals surface area (Å²) in [6, 6.07) is 7.41. The van der Waals surface area contributed by atoms with Crippen LogP contribution in [0.15, 0.2) is 35.3 Å². The smallest absolute Gasteiger partial charge is 0.252 e. The molecule has 0 bridgehead atoms. The molecule has 1 saturated heterocycles. The van der Waals surface area contributed by atoms with Gasteiger partial charge in [0.25, 0.3) is 5.56 Å². The lowest BCUT2D eigenvalue weighted by molar-refractivity contribution is 0.159. The Kier molecular flexibility index (Phi) is 5.27. The number of aryl methyl sites for hydroxylation is 2. The fraction of sp³-hybridized carbons (Fsp3) is 0.421. The van der Waals surface area contributed by atoms with Crippen LogP contribution in [0.5, 0.6) is 5.75 Å². The van der Waals surface area contributed by atoms with Gasteiger partial charge in [-0.05, 0) is 51.4 Å². The van der Waals surface area contributed by atoms with Crippen molar-refractivity contribution < 1.29 is 4.74 Å². The van der Waals surface area contributed by atoms with Gasteiger partial charge in [-0.25, -0.2) is 0 Å². The summed E-state index contributed by atoms with van der Waals surface area (Å²) in [5.41, 5.74) is 3.22. The molecule has 0 amide bonds. The summed E-state index contributed by atoms with van der Waals surface area (Å²) in [5, 5.41) is 3.81. The summed E-state index contributed by atoms with van der Waals surface area (Å²) in [5.74, 6) is 0.911. The zero-order chi connectivity index (χ0) is 17.1. The second-order valence-corrected chi connectivity index (χ2v) is 6.88. The van der Waals surface area contributed by atoms with Crippen LogP contribution in [0.3, 0.4) is 0 Å². The molecule has 0 atom stereocenters. The van der Waals surface area contributed by atoms with E-state index in [0.717, 1.165) is 42.8 Å². The van der Waals surface area contributed by atoms with Gasteiger partial charge in [-0.2, -0.15) is 0 Å². The first kappa shape index (κ1) is 17.1. The van der Waals surface area contributed by atoms with Crippen molar-refractivity contribution >= 4 is 11.6 Å². The minimum Gasteiger partial charge on any atom is -0.490 e. The van der Waals surface area contributed by atoms with Crippen LogP contribution >= 0.6 is 11.6 Å². The van der Waals surface area contributed by atoms with Crippen molar-refractivity contribution in [1.82, 2.24) is 9.88 Å². The first-order valence-electron chi connectivity index (χ1n) is 8.36. The van der Waals surface area contributed by atoms with Gasteiger partial charge in [-0.15, -0.1) is 0 Å². The molecule has 1 N–H and O–H groups in total. The SMILES string of the molecule is Cc1cc(C)c(OC2CCNCC2)c(Cn2ccc(Cl)cc2=O)c1.